The molecule has 0 aliphatic carbocycles. The minimum atomic E-state index is -3.82. The summed E-state index contributed by atoms with van der Waals surface area (Å²) in [6.07, 6.45) is 1.97. The van der Waals surface area contributed by atoms with Gasteiger partial charge in [0.15, 0.2) is 0 Å². The lowest BCUT2D eigenvalue weighted by molar-refractivity contribution is -0.122. The highest BCUT2D eigenvalue weighted by atomic mass is 32.2. The van der Waals surface area contributed by atoms with Gasteiger partial charge in [-0.05, 0) is 49.9 Å². The highest BCUT2D eigenvalue weighted by Crippen LogP contribution is 2.30. The molecule has 0 bridgehead atoms. The predicted molar refractivity (Wildman–Crippen MR) is 81.1 cm³/mol. The number of nitrogens with zero attached hydrogens (tertiary/aromatic N) is 1. The largest absolute Gasteiger partial charge is 0.398 e. The fourth-order valence-electron chi connectivity index (χ4n) is 2.64. The summed E-state index contributed by atoms with van der Waals surface area (Å²) in [5.74, 6) is -0.610. The maximum atomic E-state index is 12.8. The van der Waals surface area contributed by atoms with E-state index < -0.39 is 22.0 Å². The molecule has 0 spiro atoms. The SMILES string of the molecule is Cc1cc(N)c(S(=O)(=O)N2CCCCC2C(N)=O)cc1C. The maximum absolute atomic E-state index is 12.8. The number of carbonyl (C=O) groups is 1. The molecule has 2 rings (SSSR count). The lowest BCUT2D eigenvalue weighted by atomic mass is 10.0. The van der Waals surface area contributed by atoms with Crippen LogP contribution in [0, 0.1) is 13.8 Å². The molecule has 4 N–H and O–H groups in total. The first kappa shape index (κ1) is 15.8. The van der Waals surface area contributed by atoms with Crippen molar-refractivity contribution in [2.45, 2.75) is 44.0 Å². The van der Waals surface area contributed by atoms with E-state index in [0.29, 0.717) is 19.4 Å². The molecule has 7 heteroatoms. The van der Waals surface area contributed by atoms with E-state index in [-0.39, 0.29) is 10.6 Å². The first-order chi connectivity index (χ1) is 9.75. The number of sulfonamides is 1. The second kappa shape index (κ2) is 5.65. The Hall–Kier alpha value is -1.60. The van der Waals surface area contributed by atoms with Crippen LogP contribution in [-0.2, 0) is 14.8 Å². The van der Waals surface area contributed by atoms with E-state index in [9.17, 15) is 13.2 Å². The Morgan fingerprint density at radius 3 is 2.48 bits per heavy atom. The van der Waals surface area contributed by atoms with Crippen LogP contribution < -0.4 is 11.5 Å². The van der Waals surface area contributed by atoms with Gasteiger partial charge in [0.25, 0.3) is 0 Å². The third kappa shape index (κ3) is 2.89. The molecule has 1 aliphatic rings. The summed E-state index contributed by atoms with van der Waals surface area (Å²) in [5.41, 5.74) is 13.2. The molecule has 6 nitrogen and oxygen atoms in total. The van der Waals surface area contributed by atoms with Gasteiger partial charge in [0.2, 0.25) is 15.9 Å². The van der Waals surface area contributed by atoms with Crippen molar-refractivity contribution in [2.24, 2.45) is 5.73 Å². The average molecular weight is 311 g/mol. The van der Waals surface area contributed by atoms with E-state index in [1.165, 1.54) is 4.31 Å². The lowest BCUT2D eigenvalue weighted by Gasteiger charge is -2.33. The fourth-order valence-corrected chi connectivity index (χ4v) is 4.49. The van der Waals surface area contributed by atoms with Crippen LogP contribution in [-0.4, -0.2) is 31.2 Å². The van der Waals surface area contributed by atoms with Crippen molar-refractivity contribution in [1.82, 2.24) is 4.31 Å². The summed E-state index contributed by atoms with van der Waals surface area (Å²) in [6.45, 7) is 3.99. The molecule has 0 aromatic heterocycles. The zero-order valence-corrected chi connectivity index (χ0v) is 13.1. The van der Waals surface area contributed by atoms with E-state index in [1.54, 1.807) is 12.1 Å². The van der Waals surface area contributed by atoms with E-state index >= 15 is 0 Å². The van der Waals surface area contributed by atoms with Crippen LogP contribution in [0.4, 0.5) is 5.69 Å². The summed E-state index contributed by atoms with van der Waals surface area (Å²) in [7, 11) is -3.82. The number of carbonyl (C=O) groups excluding carboxylic acids is 1. The second-order valence-corrected chi connectivity index (χ2v) is 7.36. The molecular formula is C14H21N3O3S. The van der Waals surface area contributed by atoms with Crippen molar-refractivity contribution in [3.05, 3.63) is 23.3 Å². The van der Waals surface area contributed by atoms with Gasteiger partial charge < -0.3 is 11.5 Å². The molecule has 21 heavy (non-hydrogen) atoms. The van der Waals surface area contributed by atoms with Crippen molar-refractivity contribution in [2.75, 3.05) is 12.3 Å². The molecule has 1 atom stereocenters. The number of hydrogen-bond acceptors (Lipinski definition) is 4. The molecule has 1 aromatic carbocycles. The fraction of sp³-hybridized carbons (Fsp3) is 0.500. The maximum Gasteiger partial charge on any atom is 0.245 e. The summed E-state index contributed by atoms with van der Waals surface area (Å²) in [6, 6.07) is 2.42. The third-order valence-electron chi connectivity index (χ3n) is 3.99. The quantitative estimate of drug-likeness (QED) is 0.809. The average Bonchev–Trinajstić information content (AvgIpc) is 2.42. The number of nitrogen functional groups attached to an aromatic ring is 1. The Morgan fingerprint density at radius 2 is 1.86 bits per heavy atom. The number of benzene rings is 1. The minimum Gasteiger partial charge on any atom is -0.398 e. The van der Waals surface area contributed by atoms with Crippen LogP contribution in [0.1, 0.15) is 30.4 Å². The molecule has 1 fully saturated rings. The minimum absolute atomic E-state index is 0.0544. The van der Waals surface area contributed by atoms with Crippen LogP contribution in [0.25, 0.3) is 0 Å². The summed E-state index contributed by atoms with van der Waals surface area (Å²) >= 11 is 0. The Kier molecular flexibility index (Phi) is 4.25. The zero-order valence-electron chi connectivity index (χ0n) is 12.3. The summed E-state index contributed by atoms with van der Waals surface area (Å²) in [5, 5.41) is 0. The van der Waals surface area contributed by atoms with Gasteiger partial charge in [-0.25, -0.2) is 8.42 Å². The van der Waals surface area contributed by atoms with Gasteiger partial charge in [0.1, 0.15) is 10.9 Å². The van der Waals surface area contributed by atoms with Gasteiger partial charge in [-0.1, -0.05) is 6.42 Å². The number of rotatable bonds is 3. The molecule has 1 saturated heterocycles. The van der Waals surface area contributed by atoms with Crippen molar-refractivity contribution < 1.29 is 13.2 Å². The monoisotopic (exact) mass is 311 g/mol. The van der Waals surface area contributed by atoms with Crippen LogP contribution >= 0.6 is 0 Å². The molecule has 1 amide bonds. The summed E-state index contributed by atoms with van der Waals surface area (Å²) in [4.78, 5) is 11.6. The Morgan fingerprint density at radius 1 is 1.24 bits per heavy atom. The number of amides is 1. The normalized spacial score (nSPS) is 20.4. The van der Waals surface area contributed by atoms with E-state index in [0.717, 1.165) is 17.5 Å². The zero-order chi connectivity index (χ0) is 15.8. The van der Waals surface area contributed by atoms with Crippen molar-refractivity contribution in [1.29, 1.82) is 0 Å². The molecule has 1 heterocycles. The first-order valence-corrected chi connectivity index (χ1v) is 8.37. The number of anilines is 1. The number of primary amides is 1. The first-order valence-electron chi connectivity index (χ1n) is 6.93. The van der Waals surface area contributed by atoms with Gasteiger partial charge in [0.05, 0.1) is 5.69 Å². The standard InChI is InChI=1S/C14H21N3O3S/c1-9-7-11(15)13(8-10(9)2)21(19,20)17-6-4-3-5-12(17)14(16)18/h7-8,12H,3-6,15H2,1-2H3,(H2,16,18). The summed E-state index contributed by atoms with van der Waals surface area (Å²) < 4.78 is 26.8. The number of piperidine rings is 1. The molecule has 0 radical (unpaired) electrons. The number of nitrogens with two attached hydrogens (primary N) is 2. The molecule has 0 saturated carbocycles. The molecule has 116 valence electrons. The predicted octanol–water partition coefficient (Wildman–Crippen LogP) is 0.914. The van der Waals surface area contributed by atoms with Crippen LogP contribution in [0.15, 0.2) is 17.0 Å². The third-order valence-corrected chi connectivity index (χ3v) is 5.96. The number of hydrogen-bond donors (Lipinski definition) is 2. The van der Waals surface area contributed by atoms with Gasteiger partial charge in [-0.2, -0.15) is 4.31 Å². The van der Waals surface area contributed by atoms with E-state index in [2.05, 4.69) is 0 Å². The second-order valence-electron chi connectivity index (χ2n) is 5.50. The smallest absolute Gasteiger partial charge is 0.245 e. The van der Waals surface area contributed by atoms with Gasteiger partial charge in [-0.3, -0.25) is 4.79 Å². The Bertz CT molecular complexity index is 670. The highest BCUT2D eigenvalue weighted by Gasteiger charge is 2.37. The van der Waals surface area contributed by atoms with Crippen molar-refractivity contribution >= 4 is 21.6 Å². The van der Waals surface area contributed by atoms with Crippen molar-refractivity contribution in [3.8, 4) is 0 Å². The van der Waals surface area contributed by atoms with E-state index in [4.69, 9.17) is 11.5 Å². The van der Waals surface area contributed by atoms with Crippen LogP contribution in [0.2, 0.25) is 0 Å². The molecular weight excluding hydrogens is 290 g/mol. The van der Waals surface area contributed by atoms with Gasteiger partial charge in [-0.15, -0.1) is 0 Å². The highest BCUT2D eigenvalue weighted by molar-refractivity contribution is 7.89. The topological polar surface area (TPSA) is 106 Å². The number of aryl methyl sites for hydroxylation is 2. The van der Waals surface area contributed by atoms with Crippen LogP contribution in [0.5, 0.6) is 0 Å². The molecule has 1 aliphatic heterocycles. The van der Waals surface area contributed by atoms with Crippen molar-refractivity contribution in [3.63, 3.8) is 0 Å². The Balaban J connectivity index is 2.50. The van der Waals surface area contributed by atoms with Gasteiger partial charge >= 0.3 is 0 Å². The molecule has 1 unspecified atom stereocenters. The lowest BCUT2D eigenvalue weighted by Crippen LogP contribution is -2.50. The van der Waals surface area contributed by atoms with Crippen LogP contribution in [0.3, 0.4) is 0 Å². The van der Waals surface area contributed by atoms with E-state index in [1.807, 2.05) is 13.8 Å². The molecule has 1 aromatic rings. The Labute approximate surface area is 125 Å². The van der Waals surface area contributed by atoms with Gasteiger partial charge in [0, 0.05) is 6.54 Å².